The van der Waals surface area contributed by atoms with Crippen LogP contribution in [0.3, 0.4) is 0 Å². The predicted molar refractivity (Wildman–Crippen MR) is 81.5 cm³/mol. The summed E-state index contributed by atoms with van der Waals surface area (Å²) < 4.78 is 16.9. The summed E-state index contributed by atoms with van der Waals surface area (Å²) in [6, 6.07) is -0.0412. The van der Waals surface area contributed by atoms with Gasteiger partial charge in [-0.3, -0.25) is 5.26 Å². The zero-order chi connectivity index (χ0) is 19.2. The molecule has 0 radical (unpaired) electrons. The fraction of sp³-hybridized carbons (Fsp3) is 0.929. The molecule has 0 aromatic carbocycles. The number of hydrogen-bond donors (Lipinski definition) is 6. The molecule has 1 saturated carbocycles. The predicted octanol–water partition coefficient (Wildman–Crippen LogP) is -2.10. The van der Waals surface area contributed by atoms with Crippen molar-refractivity contribution in [1.82, 2.24) is 0 Å². The van der Waals surface area contributed by atoms with E-state index in [2.05, 4.69) is 4.89 Å². The van der Waals surface area contributed by atoms with E-state index < -0.39 is 30.6 Å². The Morgan fingerprint density at radius 1 is 1.32 bits per heavy atom. The Morgan fingerprint density at radius 3 is 2.44 bits per heavy atom. The molecule has 0 aromatic heterocycles. The van der Waals surface area contributed by atoms with Gasteiger partial charge in [0, 0.05) is 6.04 Å². The van der Waals surface area contributed by atoms with Gasteiger partial charge in [0.05, 0.1) is 19.3 Å². The normalized spacial score (nSPS) is 32.4. The number of aliphatic hydroxyl groups excluding tert-OH is 3. The number of aliphatic carboxylic acids is 1. The highest BCUT2D eigenvalue weighted by Crippen LogP contribution is 2.38. The Morgan fingerprint density at radius 2 is 1.92 bits per heavy atom. The molecule has 7 N–H and O–H groups in total. The molecule has 11 heteroatoms. The highest BCUT2D eigenvalue weighted by molar-refractivity contribution is 5.72. The molecule has 0 aromatic rings. The zero-order valence-corrected chi connectivity index (χ0v) is 14.1. The third-order valence-corrected chi connectivity index (χ3v) is 3.74. The first-order chi connectivity index (χ1) is 11.6. The fourth-order valence-corrected chi connectivity index (χ4v) is 2.67. The Labute approximate surface area is 144 Å². The molecule has 1 aliphatic heterocycles. The number of nitrogens with two attached hydrogens (primary N) is 1. The van der Waals surface area contributed by atoms with Crippen LogP contribution in [0.4, 0.5) is 0 Å². The van der Waals surface area contributed by atoms with Crippen LogP contribution < -0.4 is 5.73 Å². The van der Waals surface area contributed by atoms with Crippen LogP contribution in [0, 0.1) is 0 Å². The number of carboxylic acids is 1. The Balaban J connectivity index is 0.000000275. The minimum absolute atomic E-state index is 0.0212. The highest BCUT2D eigenvalue weighted by Gasteiger charge is 2.53. The SMILES string of the molecule is CC1(C)O[C@@H]2[C@H](O1)[C@H](OCCO)C[C@H]2N.O=C(O)[C@H](O)[C@@H](O)COO. The average Bonchev–Trinajstić information content (AvgIpc) is 2.99. The van der Waals surface area contributed by atoms with Crippen LogP contribution in [0.5, 0.6) is 0 Å². The van der Waals surface area contributed by atoms with Gasteiger partial charge < -0.3 is 40.4 Å². The van der Waals surface area contributed by atoms with Crippen molar-refractivity contribution >= 4 is 5.97 Å². The van der Waals surface area contributed by atoms with Gasteiger partial charge in [-0.05, 0) is 20.3 Å². The maximum atomic E-state index is 9.87. The van der Waals surface area contributed by atoms with Gasteiger partial charge >= 0.3 is 5.97 Å². The van der Waals surface area contributed by atoms with Crippen molar-refractivity contribution in [3.63, 3.8) is 0 Å². The Hall–Kier alpha value is -0.890. The third-order valence-electron chi connectivity index (χ3n) is 3.74. The van der Waals surface area contributed by atoms with Gasteiger partial charge in [-0.2, -0.15) is 0 Å². The minimum Gasteiger partial charge on any atom is -0.479 e. The Kier molecular flexibility index (Phi) is 8.60. The maximum absolute atomic E-state index is 9.87. The number of rotatable bonds is 7. The molecule has 0 unspecified atom stereocenters. The quantitative estimate of drug-likeness (QED) is 0.213. The molecular formula is C14H27NO10. The van der Waals surface area contributed by atoms with Gasteiger partial charge in [-0.25, -0.2) is 9.68 Å². The monoisotopic (exact) mass is 369 g/mol. The van der Waals surface area contributed by atoms with Crippen LogP contribution in [0.25, 0.3) is 0 Å². The van der Waals surface area contributed by atoms with Crippen molar-refractivity contribution in [2.24, 2.45) is 5.73 Å². The molecule has 25 heavy (non-hydrogen) atoms. The lowest BCUT2D eigenvalue weighted by atomic mass is 10.2. The van der Waals surface area contributed by atoms with Crippen LogP contribution in [-0.2, 0) is 23.9 Å². The van der Waals surface area contributed by atoms with E-state index >= 15 is 0 Å². The summed E-state index contributed by atoms with van der Waals surface area (Å²) in [5, 5.41) is 41.5. The number of carboxylic acid groups (broad SMARTS) is 1. The summed E-state index contributed by atoms with van der Waals surface area (Å²) in [6.07, 6.45) is -3.04. The van der Waals surface area contributed by atoms with E-state index in [9.17, 15) is 4.79 Å². The summed E-state index contributed by atoms with van der Waals surface area (Å²) >= 11 is 0. The van der Waals surface area contributed by atoms with Crippen LogP contribution in [0.2, 0.25) is 0 Å². The summed E-state index contributed by atoms with van der Waals surface area (Å²) in [5.74, 6) is -2.14. The molecule has 1 aliphatic carbocycles. The van der Waals surface area contributed by atoms with E-state index in [4.69, 9.17) is 45.6 Å². The molecule has 2 aliphatic rings. The van der Waals surface area contributed by atoms with Crippen molar-refractivity contribution in [2.45, 2.75) is 62.6 Å². The van der Waals surface area contributed by atoms with E-state index in [0.29, 0.717) is 6.61 Å². The molecular weight excluding hydrogens is 342 g/mol. The van der Waals surface area contributed by atoms with Gasteiger partial charge in [0.1, 0.15) is 24.9 Å². The van der Waals surface area contributed by atoms with Gasteiger partial charge in [0.15, 0.2) is 11.9 Å². The lowest BCUT2D eigenvalue weighted by Crippen LogP contribution is -2.36. The summed E-state index contributed by atoms with van der Waals surface area (Å²) in [5.41, 5.74) is 5.96. The topological polar surface area (TPSA) is 181 Å². The van der Waals surface area contributed by atoms with E-state index in [1.54, 1.807) is 0 Å². The van der Waals surface area contributed by atoms with E-state index in [1.807, 2.05) is 13.8 Å². The summed E-state index contributed by atoms with van der Waals surface area (Å²) in [4.78, 5) is 13.3. The van der Waals surface area contributed by atoms with Crippen LogP contribution in [-0.4, -0.2) is 93.8 Å². The number of carbonyl (C=O) groups is 1. The van der Waals surface area contributed by atoms with Crippen molar-refractivity contribution in [3.05, 3.63) is 0 Å². The van der Waals surface area contributed by atoms with E-state index in [1.165, 1.54) is 0 Å². The average molecular weight is 369 g/mol. The second kappa shape index (κ2) is 9.71. The van der Waals surface area contributed by atoms with Crippen LogP contribution in [0.1, 0.15) is 20.3 Å². The molecule has 2 rings (SSSR count). The van der Waals surface area contributed by atoms with Crippen molar-refractivity contribution in [1.29, 1.82) is 0 Å². The minimum atomic E-state index is -1.92. The number of fused-ring (bicyclic) bond motifs is 1. The molecule has 2 fully saturated rings. The number of ether oxygens (including phenoxy) is 3. The van der Waals surface area contributed by atoms with Crippen LogP contribution >= 0.6 is 0 Å². The second-order valence-electron chi connectivity index (χ2n) is 6.24. The van der Waals surface area contributed by atoms with E-state index in [0.717, 1.165) is 6.42 Å². The fourth-order valence-electron chi connectivity index (χ4n) is 2.67. The molecule has 11 nitrogen and oxygen atoms in total. The third kappa shape index (κ3) is 6.40. The van der Waals surface area contributed by atoms with Gasteiger partial charge in [-0.15, -0.1) is 0 Å². The first-order valence-corrected chi connectivity index (χ1v) is 7.82. The first kappa shape index (κ1) is 22.2. The lowest BCUT2D eigenvalue weighted by Gasteiger charge is -2.22. The number of hydrogen-bond acceptors (Lipinski definition) is 10. The lowest BCUT2D eigenvalue weighted by molar-refractivity contribution is -0.262. The number of aliphatic hydroxyl groups is 3. The molecule has 6 atom stereocenters. The Bertz CT molecular complexity index is 420. The molecule has 0 amide bonds. The van der Waals surface area contributed by atoms with Gasteiger partial charge in [-0.1, -0.05) is 0 Å². The van der Waals surface area contributed by atoms with Crippen molar-refractivity contribution < 1.29 is 49.6 Å². The summed E-state index contributed by atoms with van der Waals surface area (Å²) in [7, 11) is 0. The molecule has 0 spiro atoms. The first-order valence-electron chi connectivity index (χ1n) is 7.82. The van der Waals surface area contributed by atoms with Gasteiger partial charge in [0.2, 0.25) is 0 Å². The smallest absolute Gasteiger partial charge is 0.335 e. The molecule has 1 heterocycles. The van der Waals surface area contributed by atoms with Gasteiger partial charge in [0.25, 0.3) is 0 Å². The zero-order valence-electron chi connectivity index (χ0n) is 14.1. The second-order valence-corrected chi connectivity index (χ2v) is 6.24. The molecule has 0 bridgehead atoms. The molecule has 1 saturated heterocycles. The van der Waals surface area contributed by atoms with Crippen molar-refractivity contribution in [3.8, 4) is 0 Å². The standard InChI is InChI=1S/C10H19NO4.C4H8O6/c1-10(2)14-8-6(11)5-7(9(8)15-10)13-4-3-12;5-2(1-10-9)3(6)4(7)8/h6-9,12H,3-5,11H2,1-2H3;2-3,5-6,9H,1H2,(H,7,8)/t6-,7-,8+,9-;2-,3+/m10/s1. The largest absolute Gasteiger partial charge is 0.479 e. The highest BCUT2D eigenvalue weighted by atomic mass is 17.1. The van der Waals surface area contributed by atoms with Crippen molar-refractivity contribution in [2.75, 3.05) is 19.8 Å². The summed E-state index contributed by atoms with van der Waals surface area (Å²) in [6.45, 7) is 3.47. The maximum Gasteiger partial charge on any atom is 0.335 e. The van der Waals surface area contributed by atoms with E-state index in [-0.39, 0.29) is 31.0 Å². The molecule has 148 valence electrons. The van der Waals surface area contributed by atoms with Crippen LogP contribution in [0.15, 0.2) is 0 Å².